The number of carbonyl (C=O) groups excluding carboxylic acids is 6. The van der Waals surface area contributed by atoms with E-state index in [0.29, 0.717) is 16.7 Å². The van der Waals surface area contributed by atoms with Gasteiger partial charge in [0.05, 0.1) is 47.3 Å². The van der Waals surface area contributed by atoms with Crippen LogP contribution in [-0.4, -0.2) is 159 Å². The average Bonchev–Trinajstić information content (AvgIpc) is 4.08. The van der Waals surface area contributed by atoms with Gasteiger partial charge in [0.1, 0.15) is 45.7 Å². The molecule has 2 aromatic carbocycles. The minimum Gasteiger partial charge on any atom is -0.508 e. The predicted octanol–water partition coefficient (Wildman–Crippen LogP) is 2.99. The fourth-order valence-electron chi connectivity index (χ4n) is 13.7. The number of amides is 2. The number of phenolic OH excluding ortho intramolecular Hbond substituents is 2. The lowest BCUT2D eigenvalue weighted by Gasteiger charge is -2.53. The van der Waals surface area contributed by atoms with Crippen LogP contribution < -0.4 is 11.5 Å². The molecule has 2 fully saturated rings. The number of hydrogen-bond acceptors (Lipinski definition) is 18. The van der Waals surface area contributed by atoms with Crippen molar-refractivity contribution in [3.8, 4) is 11.5 Å². The van der Waals surface area contributed by atoms with Crippen molar-refractivity contribution in [1.29, 1.82) is 0 Å². The highest BCUT2D eigenvalue weighted by atomic mass is 127. The number of hydrogen-bond donors (Lipinski definition) is 12. The fraction of sp³-hybridized carbons (Fsp3) is 0.444. The van der Waals surface area contributed by atoms with Crippen LogP contribution in [0.3, 0.4) is 0 Å². The topological polar surface area (TPSA) is 363 Å². The number of allylic oxidation sites excluding steroid dienone is 4. The third-order valence-corrected chi connectivity index (χ3v) is 17.0. The zero-order chi connectivity index (χ0) is 54.3. The zero-order valence-electron chi connectivity index (χ0n) is 41.9. The van der Waals surface area contributed by atoms with E-state index in [-0.39, 0.29) is 59.2 Å². The van der Waals surface area contributed by atoms with E-state index in [4.69, 9.17) is 11.5 Å². The first kappa shape index (κ1) is 55.0. The summed E-state index contributed by atoms with van der Waals surface area (Å²) in [5.41, 5.74) is 6.51. The van der Waals surface area contributed by atoms with E-state index >= 15 is 0 Å². The first-order chi connectivity index (χ1) is 34.7. The number of primary amides is 2. The minimum absolute atomic E-state index is 0. The smallest absolute Gasteiger partial charge is 0.255 e. The number of aliphatic hydroxyl groups excluding tert-OH is 6. The van der Waals surface area contributed by atoms with Crippen LogP contribution >= 0.6 is 24.0 Å². The van der Waals surface area contributed by atoms with E-state index in [1.165, 1.54) is 44.1 Å². The Balaban J connectivity index is 0.000000216. The first-order valence-electron chi connectivity index (χ1n) is 24.5. The van der Waals surface area contributed by atoms with Crippen molar-refractivity contribution >= 4 is 81.6 Å². The fourth-order valence-corrected chi connectivity index (χ4v) is 13.7. The maximum atomic E-state index is 14.0. The Morgan fingerprint density at radius 1 is 0.627 bits per heavy atom. The third kappa shape index (κ3) is 7.50. The van der Waals surface area contributed by atoms with Crippen molar-refractivity contribution in [2.75, 3.05) is 28.2 Å². The third-order valence-electron chi connectivity index (χ3n) is 17.0. The molecule has 4 unspecified atom stereocenters. The molecule has 10 rings (SSSR count). The van der Waals surface area contributed by atoms with Gasteiger partial charge in [-0.2, -0.15) is 0 Å². The maximum Gasteiger partial charge on any atom is 0.255 e. The number of Topliss-reactive ketones (excluding diaryl/α,β-unsaturated/α-hetero) is 4. The molecule has 0 bridgehead atoms. The number of nitrogens with zero attached hydrogens (tertiary/aromatic N) is 2. The average molecular weight is 1150 g/mol. The Bertz CT molecular complexity index is 3080. The van der Waals surface area contributed by atoms with Crippen molar-refractivity contribution < 1.29 is 81.3 Å². The number of phenols is 2. The molecule has 402 valence electrons. The summed E-state index contributed by atoms with van der Waals surface area (Å²) in [6.45, 7) is 3.46. The van der Waals surface area contributed by atoms with Gasteiger partial charge in [-0.25, -0.2) is 0 Å². The molecule has 8 aliphatic rings. The second-order valence-corrected chi connectivity index (χ2v) is 21.2. The van der Waals surface area contributed by atoms with Crippen LogP contribution in [-0.2, 0) is 28.8 Å². The number of aromatic hydroxyl groups is 2. The summed E-state index contributed by atoms with van der Waals surface area (Å²) in [4.78, 5) is 81.3. The molecule has 0 heterocycles. The highest BCUT2D eigenvalue weighted by molar-refractivity contribution is 14.0. The van der Waals surface area contributed by atoms with Crippen LogP contribution in [0, 0.1) is 23.7 Å². The standard InChI is InChI=1S/2C27H30N2O8.HI.H2/c1-10-14-12(11-6-4-5-7-11)8-9-13(30)16(14)21(31)17-15(10)22(32)19-20(29(2)3)23(33)18(26(28)36)25(35)27(19,37)24(17)34;1-10-12-8-9-13(11-6-4-5-7-11)20(30)15(12)21(31)16-14(10)22(32)18-19(29(2)3)23(33)17(26(28)36)25(35)27(18,37)24(16)34;;/h6,8-10,15,19-20,22,30-32,35,37H,4-5,7H2,1-3H3,(H2,28,36);6,8-10,14,18-19,22,30-32,35,37H,4-5,7H2,1-3H3,(H2,28,36);2*1H/t10-,15?,19?,20-,22-,27-;10-,14?,18?,19-,22-,27-;;/m00../s1. The molecule has 20 nitrogen and oxygen atoms in total. The number of ketones is 4. The van der Waals surface area contributed by atoms with Gasteiger partial charge >= 0.3 is 0 Å². The molecule has 0 aromatic heterocycles. The van der Waals surface area contributed by atoms with Crippen LogP contribution in [0.25, 0.3) is 22.7 Å². The van der Waals surface area contributed by atoms with Gasteiger partial charge in [-0.05, 0) is 112 Å². The summed E-state index contributed by atoms with van der Waals surface area (Å²) < 4.78 is 0. The molecule has 12 atom stereocenters. The molecule has 0 radical (unpaired) electrons. The minimum atomic E-state index is -2.91. The van der Waals surface area contributed by atoms with Gasteiger partial charge in [-0.1, -0.05) is 44.2 Å². The number of likely N-dealkylation sites (N-methyl/N-ethyl adjacent to an activating group) is 2. The van der Waals surface area contributed by atoms with E-state index in [0.717, 1.165) is 55.2 Å². The SMILES string of the molecule is C[C@H]1c2c(C3=CCCC3)ccc(O)c2C(O)=C2C(=O)[C@]3(O)C(O)=C(C(N)=O)C(=O)[C@@H](N(C)C)C3[C@@H](O)C21.C[C@H]1c2ccc(C3=CCCC3)c(O)c2C(O)=C2C(=O)[C@]3(O)C(O)=C(C(N)=O)C(=O)[C@@H](N(C)C)C3[C@@H](O)C21.I.[HH]. The number of benzene rings is 2. The number of nitrogens with two attached hydrogens (primary N) is 2. The molecule has 2 saturated carbocycles. The number of fused-ring (bicyclic) bond motifs is 6. The van der Waals surface area contributed by atoms with Crippen LogP contribution in [0.15, 0.2) is 70.2 Å². The van der Waals surface area contributed by atoms with E-state index in [1.807, 2.05) is 6.08 Å². The van der Waals surface area contributed by atoms with Crippen molar-refractivity contribution in [3.63, 3.8) is 0 Å². The Labute approximate surface area is 448 Å². The lowest BCUT2D eigenvalue weighted by Crippen LogP contribution is -2.70. The second kappa shape index (κ2) is 19.1. The Kier molecular flexibility index (Phi) is 14.0. The second-order valence-electron chi connectivity index (χ2n) is 21.2. The van der Waals surface area contributed by atoms with Crippen molar-refractivity contribution in [3.05, 3.63) is 104 Å². The lowest BCUT2D eigenvalue weighted by molar-refractivity contribution is -0.170. The zero-order valence-corrected chi connectivity index (χ0v) is 44.2. The monoisotopic (exact) mass is 1150 g/mol. The van der Waals surface area contributed by atoms with Crippen molar-refractivity contribution in [2.45, 2.75) is 99.7 Å². The molecule has 0 saturated heterocycles. The van der Waals surface area contributed by atoms with Crippen LogP contribution in [0.2, 0.25) is 0 Å². The van der Waals surface area contributed by atoms with E-state index in [9.17, 15) is 79.8 Å². The van der Waals surface area contributed by atoms with Crippen molar-refractivity contribution in [1.82, 2.24) is 9.80 Å². The molecule has 2 amide bonds. The molecular weight excluding hydrogens is 1090 g/mol. The largest absolute Gasteiger partial charge is 0.508 e. The number of halogens is 1. The molecule has 2 aromatic rings. The molecule has 0 spiro atoms. The van der Waals surface area contributed by atoms with Gasteiger partial charge in [0.15, 0.2) is 22.8 Å². The summed E-state index contributed by atoms with van der Waals surface area (Å²) in [6.07, 6.45) is 6.02. The van der Waals surface area contributed by atoms with Gasteiger partial charge in [0.2, 0.25) is 11.6 Å². The summed E-state index contributed by atoms with van der Waals surface area (Å²) in [5, 5.41) is 113. The van der Waals surface area contributed by atoms with Gasteiger partial charge in [0.25, 0.3) is 11.8 Å². The lowest BCUT2D eigenvalue weighted by atomic mass is 9.54. The quantitative estimate of drug-likeness (QED) is 0.146. The summed E-state index contributed by atoms with van der Waals surface area (Å²) in [5.74, 6) is -17.6. The van der Waals surface area contributed by atoms with Crippen LogP contribution in [0.4, 0.5) is 0 Å². The Morgan fingerprint density at radius 2 is 1.04 bits per heavy atom. The molecule has 75 heavy (non-hydrogen) atoms. The number of carbonyl (C=O) groups is 6. The van der Waals surface area contributed by atoms with E-state index in [1.54, 1.807) is 32.0 Å². The number of aliphatic hydroxyl groups is 8. The molecule has 8 aliphatic carbocycles. The van der Waals surface area contributed by atoms with Crippen LogP contribution in [0.5, 0.6) is 11.5 Å². The number of rotatable bonds is 6. The van der Waals surface area contributed by atoms with Crippen LogP contribution in [0.1, 0.15) is 99.0 Å². The maximum absolute atomic E-state index is 14.0. The van der Waals surface area contributed by atoms with Crippen molar-refractivity contribution in [2.24, 2.45) is 35.1 Å². The Morgan fingerprint density at radius 3 is 1.45 bits per heavy atom. The molecule has 14 N–H and O–H groups in total. The summed E-state index contributed by atoms with van der Waals surface area (Å²) >= 11 is 0. The summed E-state index contributed by atoms with van der Waals surface area (Å²) in [7, 11) is 5.90. The van der Waals surface area contributed by atoms with Gasteiger partial charge in [-0.3, -0.25) is 38.6 Å². The van der Waals surface area contributed by atoms with E-state index in [2.05, 4.69) is 6.08 Å². The summed E-state index contributed by atoms with van der Waals surface area (Å²) in [6, 6.07) is 3.90. The Hall–Kier alpha value is -6.21. The normalized spacial score (nSPS) is 32.9. The van der Waals surface area contributed by atoms with Gasteiger partial charge in [0, 0.05) is 30.0 Å². The molecule has 21 heteroatoms. The predicted molar refractivity (Wildman–Crippen MR) is 282 cm³/mol. The highest BCUT2D eigenvalue weighted by Crippen LogP contribution is 2.59. The molecular formula is C54H63IN4O16. The van der Waals surface area contributed by atoms with E-state index < -0.39 is 140 Å². The molecule has 0 aliphatic heterocycles. The highest BCUT2D eigenvalue weighted by Gasteiger charge is 2.70. The van der Waals surface area contributed by atoms with Gasteiger partial charge < -0.3 is 62.5 Å². The van der Waals surface area contributed by atoms with Gasteiger partial charge in [-0.15, -0.1) is 24.0 Å². The first-order valence-corrected chi connectivity index (χ1v) is 24.5.